The van der Waals surface area contributed by atoms with Crippen molar-refractivity contribution in [1.82, 2.24) is 0 Å². The molecular weight excluding hydrogens is 284 g/mol. The molecule has 0 unspecified atom stereocenters. The Hall–Kier alpha value is -2.22. The molecule has 2 aromatic carbocycles. The van der Waals surface area contributed by atoms with Gasteiger partial charge in [0, 0.05) is 5.56 Å². The Morgan fingerprint density at radius 3 is 1.96 bits per heavy atom. The molecule has 0 aliphatic heterocycles. The Morgan fingerprint density at radius 1 is 0.826 bits per heavy atom. The number of hydrogen-bond donors (Lipinski definition) is 0. The molecule has 0 aromatic heterocycles. The van der Waals surface area contributed by atoms with E-state index in [0.717, 1.165) is 17.1 Å². The van der Waals surface area contributed by atoms with Crippen molar-refractivity contribution in [2.45, 2.75) is 31.6 Å². The van der Waals surface area contributed by atoms with Crippen molar-refractivity contribution in [2.75, 3.05) is 14.2 Å². The zero-order valence-corrected chi connectivity index (χ0v) is 13.9. The normalized spacial score (nSPS) is 15.2. The van der Waals surface area contributed by atoms with Crippen LogP contribution in [0.1, 0.15) is 48.3 Å². The van der Waals surface area contributed by atoms with Gasteiger partial charge in [-0.05, 0) is 42.0 Å². The van der Waals surface area contributed by atoms with Crippen molar-refractivity contribution in [2.24, 2.45) is 0 Å². The molecular formula is C21H24O2. The molecule has 0 amide bonds. The fourth-order valence-corrected chi connectivity index (χ4v) is 3.43. The lowest BCUT2D eigenvalue weighted by molar-refractivity contribution is 0.378. The molecule has 2 heteroatoms. The van der Waals surface area contributed by atoms with Gasteiger partial charge in [0.25, 0.3) is 0 Å². The van der Waals surface area contributed by atoms with Crippen molar-refractivity contribution in [3.05, 3.63) is 59.2 Å². The topological polar surface area (TPSA) is 18.5 Å². The summed E-state index contributed by atoms with van der Waals surface area (Å²) in [6.45, 7) is 0. The fourth-order valence-electron chi connectivity index (χ4n) is 3.43. The van der Waals surface area contributed by atoms with Gasteiger partial charge in [-0.3, -0.25) is 0 Å². The molecule has 0 saturated heterocycles. The third kappa shape index (κ3) is 3.58. The second-order valence-corrected chi connectivity index (χ2v) is 6.06. The van der Waals surface area contributed by atoms with E-state index in [2.05, 4.69) is 36.4 Å². The van der Waals surface area contributed by atoms with Gasteiger partial charge in [-0.15, -0.1) is 0 Å². The van der Waals surface area contributed by atoms with Crippen LogP contribution in [0, 0.1) is 0 Å². The van der Waals surface area contributed by atoms with E-state index in [4.69, 9.17) is 9.47 Å². The Labute approximate surface area is 138 Å². The summed E-state index contributed by atoms with van der Waals surface area (Å²) in [5.41, 5.74) is 3.53. The van der Waals surface area contributed by atoms with Gasteiger partial charge in [0.1, 0.15) is 11.5 Å². The molecule has 2 nitrogen and oxygen atoms in total. The number of ether oxygens (including phenoxy) is 2. The van der Waals surface area contributed by atoms with E-state index in [1.54, 1.807) is 14.2 Å². The van der Waals surface area contributed by atoms with Crippen molar-refractivity contribution < 1.29 is 9.47 Å². The first-order valence-electron chi connectivity index (χ1n) is 8.31. The molecule has 23 heavy (non-hydrogen) atoms. The van der Waals surface area contributed by atoms with E-state index >= 15 is 0 Å². The largest absolute Gasteiger partial charge is 0.496 e. The third-order valence-corrected chi connectivity index (χ3v) is 4.60. The minimum Gasteiger partial charge on any atom is -0.496 e. The first kappa shape index (κ1) is 15.7. The maximum atomic E-state index is 5.68. The molecule has 0 radical (unpaired) electrons. The summed E-state index contributed by atoms with van der Waals surface area (Å²) in [6.07, 6.45) is 9.28. The molecule has 1 saturated carbocycles. The van der Waals surface area contributed by atoms with Crippen LogP contribution in [0.25, 0.3) is 12.2 Å². The van der Waals surface area contributed by atoms with Crippen LogP contribution in [0.15, 0.2) is 42.5 Å². The molecule has 0 heterocycles. The lowest BCUT2D eigenvalue weighted by Crippen LogP contribution is -2.01. The van der Waals surface area contributed by atoms with Gasteiger partial charge in [0.05, 0.1) is 14.2 Å². The number of methoxy groups -OCH3 is 2. The zero-order chi connectivity index (χ0) is 16.1. The fraction of sp³-hybridized carbons (Fsp3) is 0.333. The lowest BCUT2D eigenvalue weighted by atomic mass is 9.94. The molecule has 1 aliphatic carbocycles. The highest BCUT2D eigenvalue weighted by Gasteiger charge is 2.24. The monoisotopic (exact) mass is 308 g/mol. The van der Waals surface area contributed by atoms with Gasteiger partial charge < -0.3 is 9.47 Å². The number of benzene rings is 2. The van der Waals surface area contributed by atoms with E-state index in [9.17, 15) is 0 Å². The SMILES string of the molecule is COc1cc(/C=C/c2ccccc2)cc(OC)c1C1CCCC1. The maximum Gasteiger partial charge on any atom is 0.126 e. The van der Waals surface area contributed by atoms with Crippen LogP contribution >= 0.6 is 0 Å². The van der Waals surface area contributed by atoms with E-state index in [-0.39, 0.29) is 0 Å². The highest BCUT2D eigenvalue weighted by atomic mass is 16.5. The Morgan fingerprint density at radius 2 is 1.39 bits per heavy atom. The molecule has 0 N–H and O–H groups in total. The number of hydrogen-bond acceptors (Lipinski definition) is 2. The summed E-state index contributed by atoms with van der Waals surface area (Å²) in [5, 5.41) is 0. The minimum atomic E-state index is 0.562. The lowest BCUT2D eigenvalue weighted by Gasteiger charge is -2.19. The van der Waals surface area contributed by atoms with Crippen LogP contribution < -0.4 is 9.47 Å². The maximum absolute atomic E-state index is 5.68. The predicted octanol–water partition coefficient (Wildman–Crippen LogP) is 5.53. The standard InChI is InChI=1S/C21H24O2/c1-22-19-14-17(13-12-16-8-4-3-5-9-16)15-20(23-2)21(19)18-10-6-7-11-18/h3-5,8-9,12-15,18H,6-7,10-11H2,1-2H3/b13-12+. The first-order valence-corrected chi connectivity index (χ1v) is 8.31. The predicted molar refractivity (Wildman–Crippen MR) is 96.1 cm³/mol. The van der Waals surface area contributed by atoms with Crippen LogP contribution in [-0.4, -0.2) is 14.2 Å². The van der Waals surface area contributed by atoms with Gasteiger partial charge >= 0.3 is 0 Å². The molecule has 1 fully saturated rings. The molecule has 0 bridgehead atoms. The van der Waals surface area contributed by atoms with E-state index in [1.165, 1.54) is 36.8 Å². The summed E-state index contributed by atoms with van der Waals surface area (Å²) in [6, 6.07) is 14.6. The van der Waals surface area contributed by atoms with Crippen LogP contribution in [0.2, 0.25) is 0 Å². The summed E-state index contributed by atoms with van der Waals surface area (Å²) >= 11 is 0. The second-order valence-electron chi connectivity index (χ2n) is 6.06. The average molecular weight is 308 g/mol. The highest BCUT2D eigenvalue weighted by molar-refractivity contribution is 5.72. The summed E-state index contributed by atoms with van der Waals surface area (Å²) in [4.78, 5) is 0. The summed E-state index contributed by atoms with van der Waals surface area (Å²) in [7, 11) is 3.50. The molecule has 0 atom stereocenters. The van der Waals surface area contributed by atoms with Gasteiger partial charge in [-0.2, -0.15) is 0 Å². The Kier molecular flexibility index (Phi) is 5.02. The van der Waals surface area contributed by atoms with Crippen molar-refractivity contribution >= 4 is 12.2 Å². The number of rotatable bonds is 5. The second kappa shape index (κ2) is 7.36. The Balaban J connectivity index is 1.94. The summed E-state index contributed by atoms with van der Waals surface area (Å²) < 4.78 is 11.4. The van der Waals surface area contributed by atoms with Gasteiger partial charge in [0.15, 0.2) is 0 Å². The Bertz CT molecular complexity index is 642. The van der Waals surface area contributed by atoms with Gasteiger partial charge in [-0.25, -0.2) is 0 Å². The van der Waals surface area contributed by atoms with E-state index in [0.29, 0.717) is 5.92 Å². The van der Waals surface area contributed by atoms with Crippen LogP contribution in [0.5, 0.6) is 11.5 Å². The molecule has 0 spiro atoms. The molecule has 1 aliphatic rings. The smallest absolute Gasteiger partial charge is 0.126 e. The van der Waals surface area contributed by atoms with E-state index < -0.39 is 0 Å². The van der Waals surface area contributed by atoms with Crippen molar-refractivity contribution in [3.63, 3.8) is 0 Å². The quantitative estimate of drug-likeness (QED) is 0.676. The van der Waals surface area contributed by atoms with Crippen LogP contribution in [-0.2, 0) is 0 Å². The van der Waals surface area contributed by atoms with Gasteiger partial charge in [-0.1, -0.05) is 55.3 Å². The van der Waals surface area contributed by atoms with Crippen molar-refractivity contribution in [1.29, 1.82) is 0 Å². The van der Waals surface area contributed by atoms with Crippen molar-refractivity contribution in [3.8, 4) is 11.5 Å². The first-order chi connectivity index (χ1) is 11.3. The third-order valence-electron chi connectivity index (χ3n) is 4.60. The van der Waals surface area contributed by atoms with Crippen LogP contribution in [0.3, 0.4) is 0 Å². The van der Waals surface area contributed by atoms with Crippen LogP contribution in [0.4, 0.5) is 0 Å². The highest BCUT2D eigenvalue weighted by Crippen LogP contribution is 2.44. The summed E-state index contributed by atoms with van der Waals surface area (Å²) in [5.74, 6) is 2.46. The molecule has 3 rings (SSSR count). The zero-order valence-electron chi connectivity index (χ0n) is 13.9. The van der Waals surface area contributed by atoms with E-state index in [1.807, 2.05) is 18.2 Å². The molecule has 2 aromatic rings. The molecule has 120 valence electrons. The average Bonchev–Trinajstić information content (AvgIpc) is 3.14. The van der Waals surface area contributed by atoms with Gasteiger partial charge in [0.2, 0.25) is 0 Å². The minimum absolute atomic E-state index is 0.562.